The van der Waals surface area contributed by atoms with Crippen molar-refractivity contribution in [1.29, 1.82) is 0 Å². The van der Waals surface area contributed by atoms with Crippen molar-refractivity contribution in [3.05, 3.63) is 46.2 Å². The summed E-state index contributed by atoms with van der Waals surface area (Å²) in [5.41, 5.74) is 0.842. The molecule has 1 heterocycles. The number of H-pyrrole nitrogens is 1. The van der Waals surface area contributed by atoms with Crippen molar-refractivity contribution in [1.82, 2.24) is 15.2 Å². The van der Waals surface area contributed by atoms with Crippen molar-refractivity contribution in [2.75, 3.05) is 27.2 Å². The zero-order valence-electron chi connectivity index (χ0n) is 12.2. The molecule has 6 heteroatoms. The summed E-state index contributed by atoms with van der Waals surface area (Å²) in [6, 6.07) is 8.52. The Kier molecular flexibility index (Phi) is 6.39. The van der Waals surface area contributed by atoms with Crippen LogP contribution in [0.25, 0.3) is 10.9 Å². The van der Waals surface area contributed by atoms with E-state index in [4.69, 9.17) is 0 Å². The molecule has 2 aromatic rings. The zero-order valence-corrected chi connectivity index (χ0v) is 13.0. The summed E-state index contributed by atoms with van der Waals surface area (Å²) in [5.74, 6) is -0.244. The van der Waals surface area contributed by atoms with Gasteiger partial charge in [-0.2, -0.15) is 0 Å². The predicted octanol–water partition coefficient (Wildman–Crippen LogP) is 1.63. The van der Waals surface area contributed by atoms with E-state index in [0.717, 1.165) is 13.0 Å². The van der Waals surface area contributed by atoms with E-state index in [1.807, 2.05) is 20.2 Å². The number of hydrogen-bond acceptors (Lipinski definition) is 3. The largest absolute Gasteiger partial charge is 0.351 e. The first-order valence-electron chi connectivity index (χ1n) is 6.63. The molecule has 0 aliphatic rings. The number of hydrogen-bond donors (Lipinski definition) is 2. The first-order valence-corrected chi connectivity index (χ1v) is 6.63. The highest BCUT2D eigenvalue weighted by atomic mass is 35.5. The molecular formula is C15H20ClN3O2. The summed E-state index contributed by atoms with van der Waals surface area (Å²) < 4.78 is 0. The third kappa shape index (κ3) is 4.58. The average molecular weight is 310 g/mol. The Bertz CT molecular complexity index is 667. The first kappa shape index (κ1) is 17.2. The van der Waals surface area contributed by atoms with Gasteiger partial charge in [-0.25, -0.2) is 0 Å². The van der Waals surface area contributed by atoms with E-state index in [0.29, 0.717) is 23.1 Å². The van der Waals surface area contributed by atoms with Crippen LogP contribution in [0.1, 0.15) is 16.9 Å². The van der Waals surface area contributed by atoms with Crippen molar-refractivity contribution >= 4 is 29.2 Å². The Morgan fingerprint density at radius 1 is 1.29 bits per heavy atom. The minimum absolute atomic E-state index is 0. The van der Waals surface area contributed by atoms with Gasteiger partial charge in [0.1, 0.15) is 5.69 Å². The standard InChI is InChI=1S/C15H19N3O2.ClH/c1-18(2)9-5-8-16-15(20)13-10-14(19)11-6-3-4-7-12(11)17-13;/h3-4,6-7,10H,5,8-9H2,1-2H3,(H,16,20)(H,17,19);1H. The highest BCUT2D eigenvalue weighted by Crippen LogP contribution is 2.07. The summed E-state index contributed by atoms with van der Waals surface area (Å²) in [4.78, 5) is 29.0. The minimum Gasteiger partial charge on any atom is -0.351 e. The Labute approximate surface area is 129 Å². The molecule has 5 nitrogen and oxygen atoms in total. The van der Waals surface area contributed by atoms with E-state index in [1.165, 1.54) is 6.07 Å². The molecule has 114 valence electrons. The second-order valence-electron chi connectivity index (χ2n) is 5.01. The van der Waals surface area contributed by atoms with Crippen LogP contribution in [0.5, 0.6) is 0 Å². The van der Waals surface area contributed by atoms with Crippen LogP contribution < -0.4 is 10.7 Å². The van der Waals surface area contributed by atoms with Gasteiger partial charge in [-0.05, 0) is 39.2 Å². The number of pyridine rings is 1. The molecule has 0 unspecified atom stereocenters. The van der Waals surface area contributed by atoms with Gasteiger partial charge in [-0.1, -0.05) is 12.1 Å². The Balaban J connectivity index is 0.00000220. The fourth-order valence-electron chi connectivity index (χ4n) is 2.01. The van der Waals surface area contributed by atoms with Crippen LogP contribution in [0.15, 0.2) is 35.1 Å². The Morgan fingerprint density at radius 3 is 2.71 bits per heavy atom. The highest BCUT2D eigenvalue weighted by molar-refractivity contribution is 5.94. The van der Waals surface area contributed by atoms with Gasteiger partial charge in [0.05, 0.1) is 0 Å². The number of rotatable bonds is 5. The lowest BCUT2D eigenvalue weighted by molar-refractivity contribution is 0.0947. The summed E-state index contributed by atoms with van der Waals surface area (Å²) in [6.45, 7) is 1.50. The molecule has 1 aromatic heterocycles. The number of aromatic nitrogens is 1. The molecule has 0 saturated carbocycles. The molecule has 0 atom stereocenters. The third-order valence-electron chi connectivity index (χ3n) is 3.05. The number of amides is 1. The molecule has 0 aliphatic carbocycles. The highest BCUT2D eigenvalue weighted by Gasteiger charge is 2.08. The smallest absolute Gasteiger partial charge is 0.267 e. The van der Waals surface area contributed by atoms with Crippen LogP contribution >= 0.6 is 12.4 Å². The Morgan fingerprint density at radius 2 is 2.00 bits per heavy atom. The molecule has 0 saturated heterocycles. The number of carbonyl (C=O) groups excluding carboxylic acids is 1. The lowest BCUT2D eigenvalue weighted by atomic mass is 10.2. The maximum Gasteiger partial charge on any atom is 0.267 e. The van der Waals surface area contributed by atoms with E-state index in [9.17, 15) is 9.59 Å². The molecular weight excluding hydrogens is 290 g/mol. The van der Waals surface area contributed by atoms with Crippen LogP contribution in [0.2, 0.25) is 0 Å². The molecule has 1 aromatic carbocycles. The molecule has 2 N–H and O–H groups in total. The van der Waals surface area contributed by atoms with Crippen molar-refractivity contribution in [3.8, 4) is 0 Å². The van der Waals surface area contributed by atoms with Gasteiger partial charge in [0.15, 0.2) is 5.43 Å². The van der Waals surface area contributed by atoms with Gasteiger partial charge in [-0.15, -0.1) is 12.4 Å². The second-order valence-corrected chi connectivity index (χ2v) is 5.01. The van der Waals surface area contributed by atoms with E-state index >= 15 is 0 Å². The number of para-hydroxylation sites is 1. The molecule has 2 rings (SSSR count). The SMILES string of the molecule is CN(C)CCCNC(=O)c1cc(=O)c2ccccc2[nH]1.Cl. The van der Waals surface area contributed by atoms with Crippen molar-refractivity contribution in [3.63, 3.8) is 0 Å². The number of benzene rings is 1. The average Bonchev–Trinajstić information content (AvgIpc) is 2.43. The monoisotopic (exact) mass is 309 g/mol. The van der Waals surface area contributed by atoms with E-state index < -0.39 is 0 Å². The summed E-state index contributed by atoms with van der Waals surface area (Å²) in [5, 5.41) is 3.40. The lowest BCUT2D eigenvalue weighted by Crippen LogP contribution is -2.28. The van der Waals surface area contributed by atoms with Crippen LogP contribution in [0.4, 0.5) is 0 Å². The van der Waals surface area contributed by atoms with Crippen molar-refractivity contribution in [2.24, 2.45) is 0 Å². The van der Waals surface area contributed by atoms with Crippen LogP contribution in [0, 0.1) is 0 Å². The van der Waals surface area contributed by atoms with E-state index in [-0.39, 0.29) is 23.7 Å². The molecule has 0 bridgehead atoms. The molecule has 0 fully saturated rings. The molecule has 21 heavy (non-hydrogen) atoms. The lowest BCUT2D eigenvalue weighted by Gasteiger charge is -2.10. The van der Waals surface area contributed by atoms with Gasteiger partial charge < -0.3 is 15.2 Å². The van der Waals surface area contributed by atoms with Crippen molar-refractivity contribution < 1.29 is 4.79 Å². The first-order chi connectivity index (χ1) is 9.58. The van der Waals surface area contributed by atoms with Gasteiger partial charge in [-0.3, -0.25) is 9.59 Å². The second kappa shape index (κ2) is 7.81. The fourth-order valence-corrected chi connectivity index (χ4v) is 2.01. The summed E-state index contributed by atoms with van der Waals surface area (Å²) in [7, 11) is 3.98. The number of carbonyl (C=O) groups is 1. The predicted molar refractivity (Wildman–Crippen MR) is 87.3 cm³/mol. The van der Waals surface area contributed by atoms with Gasteiger partial charge in [0, 0.05) is 23.5 Å². The van der Waals surface area contributed by atoms with Crippen LogP contribution in [0.3, 0.4) is 0 Å². The molecule has 0 spiro atoms. The third-order valence-corrected chi connectivity index (χ3v) is 3.05. The van der Waals surface area contributed by atoms with Crippen LogP contribution in [-0.2, 0) is 0 Å². The quantitative estimate of drug-likeness (QED) is 0.825. The number of fused-ring (bicyclic) bond motifs is 1. The zero-order chi connectivity index (χ0) is 14.5. The van der Waals surface area contributed by atoms with Crippen LogP contribution in [-0.4, -0.2) is 43.0 Å². The fraction of sp³-hybridized carbons (Fsp3) is 0.333. The normalized spacial score (nSPS) is 10.4. The molecule has 0 radical (unpaired) electrons. The maximum absolute atomic E-state index is 12.0. The molecule has 0 aliphatic heterocycles. The maximum atomic E-state index is 12.0. The minimum atomic E-state index is -0.244. The number of nitrogens with zero attached hydrogens (tertiary/aromatic N) is 1. The summed E-state index contributed by atoms with van der Waals surface area (Å²) in [6.07, 6.45) is 0.872. The van der Waals surface area contributed by atoms with E-state index in [1.54, 1.807) is 18.2 Å². The molecule has 1 amide bonds. The summed E-state index contributed by atoms with van der Waals surface area (Å²) >= 11 is 0. The van der Waals surface area contributed by atoms with E-state index in [2.05, 4.69) is 15.2 Å². The topological polar surface area (TPSA) is 65.2 Å². The number of aromatic amines is 1. The van der Waals surface area contributed by atoms with Gasteiger partial charge in [0.25, 0.3) is 5.91 Å². The van der Waals surface area contributed by atoms with Gasteiger partial charge >= 0.3 is 0 Å². The van der Waals surface area contributed by atoms with Gasteiger partial charge in [0.2, 0.25) is 0 Å². The Hall–Kier alpha value is -1.85. The number of nitrogens with one attached hydrogen (secondary N) is 2. The van der Waals surface area contributed by atoms with Crippen molar-refractivity contribution in [2.45, 2.75) is 6.42 Å². The number of halogens is 1.